The lowest BCUT2D eigenvalue weighted by Gasteiger charge is -2.03. The van der Waals surface area contributed by atoms with Gasteiger partial charge in [0.1, 0.15) is 5.82 Å². The Balaban J connectivity index is 1.64. The molecule has 94 valence electrons. The molecule has 2 N–H and O–H groups in total. The van der Waals surface area contributed by atoms with Gasteiger partial charge in [0.2, 0.25) is 11.0 Å². The molecule has 1 saturated carbocycles. The van der Waals surface area contributed by atoms with Crippen LogP contribution in [0.25, 0.3) is 0 Å². The summed E-state index contributed by atoms with van der Waals surface area (Å²) in [4.78, 5) is 15.7. The molecule has 1 fully saturated rings. The highest BCUT2D eigenvalue weighted by atomic mass is 32.1. The summed E-state index contributed by atoms with van der Waals surface area (Å²) >= 11 is 1.36. The number of anilines is 1. The van der Waals surface area contributed by atoms with E-state index in [-0.39, 0.29) is 5.91 Å². The number of carbonyl (C=O) groups is 1. The Hall–Kier alpha value is -1.17. The second-order valence-electron chi connectivity index (χ2n) is 4.28. The Kier molecular flexibility index (Phi) is 4.30. The van der Waals surface area contributed by atoms with Gasteiger partial charge in [0.05, 0.1) is 0 Å². The molecular weight excluding hydrogens is 236 g/mol. The lowest BCUT2D eigenvalue weighted by Crippen LogP contribution is -2.27. The van der Waals surface area contributed by atoms with Gasteiger partial charge < -0.3 is 10.6 Å². The topological polar surface area (TPSA) is 66.9 Å². The average molecular weight is 254 g/mol. The molecule has 1 aromatic rings. The number of carbonyl (C=O) groups excluding carboxylic acids is 1. The quantitative estimate of drug-likeness (QED) is 0.775. The van der Waals surface area contributed by atoms with E-state index in [1.165, 1.54) is 11.5 Å². The van der Waals surface area contributed by atoms with Crippen molar-refractivity contribution in [1.29, 1.82) is 0 Å². The van der Waals surface area contributed by atoms with Crippen LogP contribution in [-0.4, -0.2) is 27.9 Å². The molecule has 0 bridgehead atoms. The normalized spacial score (nSPS) is 14.6. The minimum atomic E-state index is 0.123. The summed E-state index contributed by atoms with van der Waals surface area (Å²) in [5.74, 6) is 1.01. The number of rotatable bonds is 7. The van der Waals surface area contributed by atoms with E-state index >= 15 is 0 Å². The monoisotopic (exact) mass is 254 g/mol. The van der Waals surface area contributed by atoms with Gasteiger partial charge in [-0.1, -0.05) is 6.92 Å². The molecular formula is C11H18N4OS. The lowest BCUT2D eigenvalue weighted by atomic mass is 10.3. The first-order chi connectivity index (χ1) is 8.28. The van der Waals surface area contributed by atoms with Crippen LogP contribution >= 0.6 is 11.5 Å². The number of hydrogen-bond donors (Lipinski definition) is 2. The number of amides is 1. The van der Waals surface area contributed by atoms with Gasteiger partial charge in [-0.3, -0.25) is 4.79 Å². The molecule has 0 aromatic carbocycles. The first kappa shape index (κ1) is 12.3. The van der Waals surface area contributed by atoms with Crippen LogP contribution < -0.4 is 10.6 Å². The van der Waals surface area contributed by atoms with E-state index in [4.69, 9.17) is 0 Å². The Labute approximate surface area is 105 Å². The SMILES string of the molecule is CCCc1nsc(NCCC(=O)NC2CC2)n1. The van der Waals surface area contributed by atoms with Crippen LogP contribution in [0.3, 0.4) is 0 Å². The first-order valence-electron chi connectivity index (χ1n) is 6.13. The fourth-order valence-corrected chi connectivity index (χ4v) is 2.10. The second kappa shape index (κ2) is 5.95. The molecule has 0 saturated heterocycles. The molecule has 1 amide bonds. The van der Waals surface area contributed by atoms with Gasteiger partial charge in [0.25, 0.3) is 0 Å². The summed E-state index contributed by atoms with van der Waals surface area (Å²) in [5.41, 5.74) is 0. The number of aromatic nitrogens is 2. The van der Waals surface area contributed by atoms with Crippen molar-refractivity contribution in [2.45, 2.75) is 45.1 Å². The molecule has 0 unspecified atom stereocenters. The molecule has 1 aliphatic carbocycles. The number of nitrogens with zero attached hydrogens (tertiary/aromatic N) is 2. The zero-order valence-electron chi connectivity index (χ0n) is 10.0. The predicted molar refractivity (Wildman–Crippen MR) is 68.2 cm³/mol. The van der Waals surface area contributed by atoms with Crippen molar-refractivity contribution in [3.05, 3.63) is 5.82 Å². The highest BCUT2D eigenvalue weighted by Gasteiger charge is 2.22. The van der Waals surface area contributed by atoms with Gasteiger partial charge >= 0.3 is 0 Å². The molecule has 2 rings (SSSR count). The number of hydrogen-bond acceptors (Lipinski definition) is 5. The Morgan fingerprint density at radius 1 is 1.53 bits per heavy atom. The maximum absolute atomic E-state index is 11.4. The molecule has 1 aliphatic rings. The molecule has 0 radical (unpaired) electrons. The Bertz CT molecular complexity index is 375. The van der Waals surface area contributed by atoms with Crippen molar-refractivity contribution < 1.29 is 4.79 Å². The summed E-state index contributed by atoms with van der Waals surface area (Å²) in [6, 6.07) is 0.445. The molecule has 6 heteroatoms. The maximum atomic E-state index is 11.4. The summed E-state index contributed by atoms with van der Waals surface area (Å²) in [6.45, 7) is 2.73. The zero-order chi connectivity index (χ0) is 12.1. The fraction of sp³-hybridized carbons (Fsp3) is 0.727. The lowest BCUT2D eigenvalue weighted by molar-refractivity contribution is -0.120. The molecule has 0 aliphatic heterocycles. The summed E-state index contributed by atoms with van der Waals surface area (Å²) in [5, 5.41) is 6.90. The van der Waals surface area contributed by atoms with Gasteiger partial charge in [-0.05, 0) is 19.3 Å². The van der Waals surface area contributed by atoms with Crippen LogP contribution in [0.15, 0.2) is 0 Å². The van der Waals surface area contributed by atoms with E-state index in [9.17, 15) is 4.79 Å². The van der Waals surface area contributed by atoms with Gasteiger partial charge in [0, 0.05) is 37.0 Å². The van der Waals surface area contributed by atoms with E-state index in [2.05, 4.69) is 26.9 Å². The molecule has 0 atom stereocenters. The fourth-order valence-electron chi connectivity index (χ4n) is 1.46. The van der Waals surface area contributed by atoms with Gasteiger partial charge in [-0.2, -0.15) is 4.37 Å². The van der Waals surface area contributed by atoms with E-state index in [0.29, 0.717) is 19.0 Å². The third kappa shape index (κ3) is 4.30. The Morgan fingerprint density at radius 2 is 2.35 bits per heavy atom. The van der Waals surface area contributed by atoms with Crippen molar-refractivity contribution in [1.82, 2.24) is 14.7 Å². The van der Waals surface area contributed by atoms with E-state index in [1.807, 2.05) is 0 Å². The van der Waals surface area contributed by atoms with E-state index in [0.717, 1.165) is 36.6 Å². The molecule has 0 spiro atoms. The third-order valence-corrected chi connectivity index (χ3v) is 3.22. The summed E-state index contributed by atoms with van der Waals surface area (Å²) < 4.78 is 4.23. The van der Waals surface area contributed by atoms with Crippen LogP contribution in [0, 0.1) is 0 Å². The maximum Gasteiger partial charge on any atom is 0.221 e. The van der Waals surface area contributed by atoms with Crippen LogP contribution in [0.1, 0.15) is 38.4 Å². The van der Waals surface area contributed by atoms with Gasteiger partial charge in [-0.25, -0.2) is 4.98 Å². The van der Waals surface area contributed by atoms with E-state index < -0.39 is 0 Å². The minimum Gasteiger partial charge on any atom is -0.360 e. The number of nitrogens with one attached hydrogen (secondary N) is 2. The van der Waals surface area contributed by atoms with E-state index in [1.54, 1.807) is 0 Å². The van der Waals surface area contributed by atoms with Crippen LogP contribution in [0.4, 0.5) is 5.13 Å². The molecule has 5 nitrogen and oxygen atoms in total. The molecule has 1 aromatic heterocycles. The standard InChI is InChI=1S/C11H18N4OS/c1-2-3-9-14-11(17-15-9)12-7-6-10(16)13-8-4-5-8/h8H,2-7H2,1H3,(H,13,16)(H,12,14,15). The summed E-state index contributed by atoms with van der Waals surface area (Å²) in [7, 11) is 0. The van der Waals surface area contributed by atoms with Crippen molar-refractivity contribution >= 4 is 22.6 Å². The highest BCUT2D eigenvalue weighted by molar-refractivity contribution is 7.09. The van der Waals surface area contributed by atoms with Crippen LogP contribution in [0.5, 0.6) is 0 Å². The predicted octanol–water partition coefficient (Wildman–Crippen LogP) is 1.57. The smallest absolute Gasteiger partial charge is 0.221 e. The molecule has 17 heavy (non-hydrogen) atoms. The number of aryl methyl sites for hydroxylation is 1. The summed E-state index contributed by atoms with van der Waals surface area (Å²) in [6.07, 6.45) is 4.74. The van der Waals surface area contributed by atoms with Gasteiger partial charge in [-0.15, -0.1) is 0 Å². The van der Waals surface area contributed by atoms with Crippen molar-refractivity contribution in [3.8, 4) is 0 Å². The second-order valence-corrected chi connectivity index (χ2v) is 5.04. The van der Waals surface area contributed by atoms with Crippen LogP contribution in [-0.2, 0) is 11.2 Å². The molecule has 1 heterocycles. The van der Waals surface area contributed by atoms with Crippen LogP contribution in [0.2, 0.25) is 0 Å². The third-order valence-electron chi connectivity index (χ3n) is 2.51. The first-order valence-corrected chi connectivity index (χ1v) is 6.91. The van der Waals surface area contributed by atoms with Crippen molar-refractivity contribution in [2.24, 2.45) is 0 Å². The Morgan fingerprint density at radius 3 is 3.06 bits per heavy atom. The zero-order valence-corrected chi connectivity index (χ0v) is 10.8. The van der Waals surface area contributed by atoms with Crippen molar-refractivity contribution in [2.75, 3.05) is 11.9 Å². The largest absolute Gasteiger partial charge is 0.360 e. The van der Waals surface area contributed by atoms with Gasteiger partial charge in [0.15, 0.2) is 0 Å². The highest BCUT2D eigenvalue weighted by Crippen LogP contribution is 2.18. The minimum absolute atomic E-state index is 0.123. The van der Waals surface area contributed by atoms with Crippen molar-refractivity contribution in [3.63, 3.8) is 0 Å². The average Bonchev–Trinajstić information content (AvgIpc) is 2.99.